The second kappa shape index (κ2) is 8.22. The number of hydrogen-bond acceptors (Lipinski definition) is 6. The van der Waals surface area contributed by atoms with Crippen LogP contribution < -0.4 is 10.4 Å². The van der Waals surface area contributed by atoms with E-state index in [0.717, 1.165) is 11.1 Å². The van der Waals surface area contributed by atoms with Gasteiger partial charge in [0, 0.05) is 24.3 Å². The van der Waals surface area contributed by atoms with Crippen LogP contribution in [0.3, 0.4) is 0 Å². The SMILES string of the molecule is CCOC(=O)C1C(C)=Cc2c(c(=O)oc3cc(OC(C)=O)ccc23)C1c1ccccc1. The third-order valence-corrected chi connectivity index (χ3v) is 5.42. The lowest BCUT2D eigenvalue weighted by molar-refractivity contribution is -0.147. The summed E-state index contributed by atoms with van der Waals surface area (Å²) in [7, 11) is 0. The number of esters is 2. The van der Waals surface area contributed by atoms with Gasteiger partial charge in [0.15, 0.2) is 0 Å². The second-order valence-electron chi connectivity index (χ2n) is 7.47. The molecule has 0 aliphatic heterocycles. The Morgan fingerprint density at radius 2 is 1.84 bits per heavy atom. The van der Waals surface area contributed by atoms with Crippen LogP contribution in [0.2, 0.25) is 0 Å². The van der Waals surface area contributed by atoms with Crippen molar-refractivity contribution < 1.29 is 23.5 Å². The molecule has 2 atom stereocenters. The van der Waals surface area contributed by atoms with Gasteiger partial charge in [0.2, 0.25) is 0 Å². The van der Waals surface area contributed by atoms with E-state index in [4.69, 9.17) is 13.9 Å². The van der Waals surface area contributed by atoms with E-state index in [9.17, 15) is 14.4 Å². The highest BCUT2D eigenvalue weighted by Crippen LogP contribution is 2.44. The van der Waals surface area contributed by atoms with Crippen LogP contribution in [0.1, 0.15) is 43.4 Å². The van der Waals surface area contributed by atoms with Gasteiger partial charge in [-0.05, 0) is 37.1 Å². The van der Waals surface area contributed by atoms with E-state index in [0.29, 0.717) is 27.8 Å². The highest BCUT2D eigenvalue weighted by atomic mass is 16.5. The van der Waals surface area contributed by atoms with E-state index < -0.39 is 23.4 Å². The van der Waals surface area contributed by atoms with Crippen LogP contribution in [0, 0.1) is 5.92 Å². The molecule has 2 unspecified atom stereocenters. The molecule has 158 valence electrons. The molecule has 0 saturated heterocycles. The van der Waals surface area contributed by atoms with Gasteiger partial charge < -0.3 is 13.9 Å². The van der Waals surface area contributed by atoms with Gasteiger partial charge in [0.05, 0.1) is 18.1 Å². The fourth-order valence-electron chi connectivity index (χ4n) is 4.22. The van der Waals surface area contributed by atoms with Gasteiger partial charge in [-0.15, -0.1) is 0 Å². The molecule has 31 heavy (non-hydrogen) atoms. The molecule has 0 spiro atoms. The maximum absolute atomic E-state index is 13.2. The predicted octanol–water partition coefficient (Wildman–Crippen LogP) is 4.45. The zero-order valence-electron chi connectivity index (χ0n) is 17.5. The molecular weight excluding hydrogens is 396 g/mol. The smallest absolute Gasteiger partial charge is 0.340 e. The summed E-state index contributed by atoms with van der Waals surface area (Å²) in [6.45, 7) is 5.18. The molecule has 0 saturated carbocycles. The van der Waals surface area contributed by atoms with Crippen molar-refractivity contribution in [2.75, 3.05) is 6.61 Å². The Morgan fingerprint density at radius 1 is 1.10 bits per heavy atom. The van der Waals surface area contributed by atoms with Gasteiger partial charge in [-0.1, -0.05) is 42.0 Å². The molecule has 1 aliphatic carbocycles. The first-order valence-corrected chi connectivity index (χ1v) is 10.1. The first kappa shape index (κ1) is 20.6. The van der Waals surface area contributed by atoms with Crippen LogP contribution in [-0.2, 0) is 14.3 Å². The number of fused-ring (bicyclic) bond motifs is 3. The lowest BCUT2D eigenvalue weighted by Crippen LogP contribution is -2.32. The van der Waals surface area contributed by atoms with Gasteiger partial charge in [0.1, 0.15) is 11.3 Å². The molecule has 2 aromatic carbocycles. The summed E-state index contributed by atoms with van der Waals surface area (Å²) in [6.07, 6.45) is 1.85. The molecule has 3 aromatic rings. The standard InChI is InChI=1S/C25H22O6/c1-4-29-24(27)21-14(2)12-19-18-11-10-17(30-15(3)26)13-20(18)31-25(28)23(19)22(21)16-8-6-5-7-9-16/h5-13,21-22H,4H2,1-3H3. The zero-order valence-corrected chi connectivity index (χ0v) is 17.5. The Balaban J connectivity index is 1.98. The van der Waals surface area contributed by atoms with Crippen molar-refractivity contribution in [3.63, 3.8) is 0 Å². The third kappa shape index (κ3) is 3.77. The summed E-state index contributed by atoms with van der Waals surface area (Å²) < 4.78 is 16.1. The van der Waals surface area contributed by atoms with Gasteiger partial charge in [-0.3, -0.25) is 9.59 Å². The fraction of sp³-hybridized carbons (Fsp3) is 0.240. The van der Waals surface area contributed by atoms with Crippen LogP contribution in [0.4, 0.5) is 0 Å². The Labute approximate surface area is 179 Å². The minimum atomic E-state index is -0.629. The molecule has 4 rings (SSSR count). The molecule has 0 bridgehead atoms. The summed E-state index contributed by atoms with van der Waals surface area (Å²) >= 11 is 0. The zero-order chi connectivity index (χ0) is 22.1. The molecule has 1 aromatic heterocycles. The summed E-state index contributed by atoms with van der Waals surface area (Å²) in [5.74, 6) is -1.70. The summed E-state index contributed by atoms with van der Waals surface area (Å²) in [6, 6.07) is 14.4. The Hall–Kier alpha value is -3.67. The molecular formula is C25H22O6. The summed E-state index contributed by atoms with van der Waals surface area (Å²) in [5, 5.41) is 0.702. The van der Waals surface area contributed by atoms with Gasteiger partial charge in [-0.2, -0.15) is 0 Å². The monoisotopic (exact) mass is 418 g/mol. The minimum Gasteiger partial charge on any atom is -0.466 e. The topological polar surface area (TPSA) is 82.8 Å². The lowest BCUT2D eigenvalue weighted by atomic mass is 9.72. The average Bonchev–Trinajstić information content (AvgIpc) is 2.73. The maximum atomic E-state index is 13.2. The normalized spacial score (nSPS) is 17.6. The molecule has 0 amide bonds. The van der Waals surface area contributed by atoms with Gasteiger partial charge in [0.25, 0.3) is 0 Å². The Kier molecular flexibility index (Phi) is 5.46. The summed E-state index contributed by atoms with van der Waals surface area (Å²) in [5.41, 5.74) is 2.53. The van der Waals surface area contributed by atoms with Crippen LogP contribution in [-0.4, -0.2) is 18.5 Å². The van der Waals surface area contributed by atoms with Gasteiger partial charge in [-0.25, -0.2) is 4.79 Å². The first-order valence-electron chi connectivity index (χ1n) is 10.1. The number of hydrogen-bond donors (Lipinski definition) is 0. The van der Waals surface area contributed by atoms with Crippen molar-refractivity contribution >= 4 is 29.0 Å². The van der Waals surface area contributed by atoms with Crippen molar-refractivity contribution in [1.29, 1.82) is 0 Å². The summed E-state index contributed by atoms with van der Waals surface area (Å²) in [4.78, 5) is 37.3. The van der Waals surface area contributed by atoms with E-state index in [2.05, 4.69) is 0 Å². The molecule has 6 nitrogen and oxygen atoms in total. The quantitative estimate of drug-likeness (QED) is 0.354. The Bertz CT molecular complexity index is 1250. The van der Waals surface area contributed by atoms with Crippen molar-refractivity contribution in [2.45, 2.75) is 26.7 Å². The van der Waals surface area contributed by atoms with Crippen LogP contribution in [0.25, 0.3) is 17.0 Å². The Morgan fingerprint density at radius 3 is 2.52 bits per heavy atom. The van der Waals surface area contributed by atoms with Gasteiger partial charge >= 0.3 is 17.6 Å². The van der Waals surface area contributed by atoms with Crippen LogP contribution in [0.5, 0.6) is 5.75 Å². The largest absolute Gasteiger partial charge is 0.466 e. The highest BCUT2D eigenvalue weighted by molar-refractivity contribution is 5.93. The second-order valence-corrected chi connectivity index (χ2v) is 7.47. The molecule has 0 radical (unpaired) electrons. The number of carbonyl (C=O) groups is 2. The lowest BCUT2D eigenvalue weighted by Gasteiger charge is -2.31. The van der Waals surface area contributed by atoms with E-state index in [1.807, 2.05) is 43.3 Å². The van der Waals surface area contributed by atoms with E-state index in [-0.39, 0.29) is 12.6 Å². The molecule has 6 heteroatoms. The predicted molar refractivity (Wildman–Crippen MR) is 116 cm³/mol. The average molecular weight is 418 g/mol. The van der Waals surface area contributed by atoms with Crippen molar-refractivity contribution in [3.8, 4) is 5.75 Å². The molecule has 0 fully saturated rings. The molecule has 1 aliphatic rings. The van der Waals surface area contributed by atoms with Crippen LogP contribution >= 0.6 is 0 Å². The van der Waals surface area contributed by atoms with Crippen molar-refractivity contribution in [2.24, 2.45) is 5.92 Å². The maximum Gasteiger partial charge on any atom is 0.340 e. The number of carbonyl (C=O) groups excluding carboxylic acids is 2. The minimum absolute atomic E-state index is 0.252. The fourth-order valence-corrected chi connectivity index (χ4v) is 4.22. The third-order valence-electron chi connectivity index (χ3n) is 5.42. The van der Waals surface area contributed by atoms with E-state index in [1.54, 1.807) is 19.1 Å². The van der Waals surface area contributed by atoms with Crippen molar-refractivity contribution in [3.05, 3.63) is 81.2 Å². The van der Waals surface area contributed by atoms with E-state index in [1.165, 1.54) is 13.0 Å². The molecule has 1 heterocycles. The van der Waals surface area contributed by atoms with Crippen molar-refractivity contribution in [1.82, 2.24) is 0 Å². The first-order chi connectivity index (χ1) is 14.9. The van der Waals surface area contributed by atoms with E-state index >= 15 is 0 Å². The molecule has 0 N–H and O–H groups in total. The van der Waals surface area contributed by atoms with Crippen LogP contribution in [0.15, 0.2) is 63.3 Å². The number of benzene rings is 2. The number of rotatable bonds is 4. The highest BCUT2D eigenvalue weighted by Gasteiger charge is 2.40. The number of ether oxygens (including phenoxy) is 2.